The number of amides is 1. The number of carbonyl (C=O) groups is 1. The Hall–Kier alpha value is -3.67. The van der Waals surface area contributed by atoms with E-state index in [-0.39, 0.29) is 5.91 Å². The van der Waals surface area contributed by atoms with E-state index in [9.17, 15) is 4.79 Å². The molecule has 1 fully saturated rings. The number of hydrogen-bond donors (Lipinski definition) is 2. The van der Waals surface area contributed by atoms with Gasteiger partial charge >= 0.3 is 0 Å². The van der Waals surface area contributed by atoms with Gasteiger partial charge in [0, 0.05) is 48.8 Å². The Morgan fingerprint density at radius 1 is 1.03 bits per heavy atom. The molecule has 2 aromatic carbocycles. The van der Waals surface area contributed by atoms with Gasteiger partial charge in [0.25, 0.3) is 5.91 Å². The maximum Gasteiger partial charge on any atom is 0.251 e. The Balaban J connectivity index is 1.14. The van der Waals surface area contributed by atoms with Crippen molar-refractivity contribution in [3.8, 4) is 11.4 Å². The number of piperidine rings is 1. The predicted octanol–water partition coefficient (Wildman–Crippen LogP) is 4.66. The van der Waals surface area contributed by atoms with Gasteiger partial charge in [-0.15, -0.1) is 0 Å². The van der Waals surface area contributed by atoms with E-state index in [1.807, 2.05) is 60.9 Å². The van der Waals surface area contributed by atoms with E-state index in [0.717, 1.165) is 54.8 Å². The number of H-pyrrole nitrogens is 1. The third-order valence-corrected chi connectivity index (χ3v) is 6.27. The number of benzene rings is 2. The Morgan fingerprint density at radius 2 is 1.84 bits per heavy atom. The van der Waals surface area contributed by atoms with Crippen molar-refractivity contribution in [1.82, 2.24) is 20.3 Å². The van der Waals surface area contributed by atoms with Crippen LogP contribution >= 0.6 is 0 Å². The van der Waals surface area contributed by atoms with Crippen molar-refractivity contribution in [2.24, 2.45) is 5.92 Å². The van der Waals surface area contributed by atoms with Gasteiger partial charge in [-0.25, -0.2) is 4.98 Å². The van der Waals surface area contributed by atoms with Gasteiger partial charge in [0.05, 0.1) is 11.0 Å². The quantitative estimate of drug-likeness (QED) is 0.471. The van der Waals surface area contributed by atoms with Crippen LogP contribution in [0.2, 0.25) is 0 Å². The van der Waals surface area contributed by atoms with Gasteiger partial charge < -0.3 is 15.2 Å². The molecule has 0 spiro atoms. The zero-order valence-electron chi connectivity index (χ0n) is 18.0. The average Bonchev–Trinajstić information content (AvgIpc) is 3.30. The summed E-state index contributed by atoms with van der Waals surface area (Å²) in [5.74, 6) is 1.40. The molecule has 2 N–H and O–H groups in total. The molecule has 0 atom stereocenters. The van der Waals surface area contributed by atoms with E-state index in [1.54, 1.807) is 0 Å². The Labute approximate surface area is 187 Å². The molecule has 1 amide bonds. The summed E-state index contributed by atoms with van der Waals surface area (Å²) in [4.78, 5) is 27.2. The second-order valence-corrected chi connectivity index (χ2v) is 8.36. The van der Waals surface area contributed by atoms with Crippen LogP contribution in [0.1, 0.15) is 29.6 Å². The molecule has 5 rings (SSSR count). The van der Waals surface area contributed by atoms with E-state index >= 15 is 0 Å². The number of fused-ring (bicyclic) bond motifs is 1. The molecule has 4 aromatic rings. The van der Waals surface area contributed by atoms with Gasteiger partial charge in [-0.3, -0.25) is 9.78 Å². The van der Waals surface area contributed by atoms with E-state index in [1.165, 1.54) is 5.69 Å². The molecule has 1 aliphatic rings. The van der Waals surface area contributed by atoms with Crippen LogP contribution in [0.5, 0.6) is 0 Å². The zero-order chi connectivity index (χ0) is 21.8. The summed E-state index contributed by atoms with van der Waals surface area (Å²) in [6.45, 7) is 2.82. The first-order chi connectivity index (χ1) is 15.8. The number of hydrogen-bond acceptors (Lipinski definition) is 4. The minimum Gasteiger partial charge on any atom is -0.371 e. The van der Waals surface area contributed by atoms with Crippen molar-refractivity contribution >= 4 is 22.6 Å². The molecular formula is C26H27N5O. The number of anilines is 1. The number of nitrogens with one attached hydrogen (secondary N) is 2. The molecule has 1 aliphatic heterocycles. The Morgan fingerprint density at radius 3 is 2.66 bits per heavy atom. The number of pyridine rings is 1. The highest BCUT2D eigenvalue weighted by Gasteiger charge is 2.19. The maximum atomic E-state index is 12.7. The molecule has 2 aromatic heterocycles. The molecule has 3 heterocycles. The van der Waals surface area contributed by atoms with Gasteiger partial charge in [-0.1, -0.05) is 24.3 Å². The number of carbonyl (C=O) groups excluding carboxylic acids is 1. The lowest BCUT2D eigenvalue weighted by atomic mass is 9.93. The first kappa shape index (κ1) is 20.2. The van der Waals surface area contributed by atoms with Crippen LogP contribution in [0.25, 0.3) is 22.4 Å². The molecule has 1 saturated heterocycles. The van der Waals surface area contributed by atoms with Crippen molar-refractivity contribution in [2.45, 2.75) is 19.3 Å². The lowest BCUT2D eigenvalue weighted by molar-refractivity contribution is 0.0950. The number of nitrogens with zero attached hydrogens (tertiary/aromatic N) is 3. The van der Waals surface area contributed by atoms with E-state index in [2.05, 4.69) is 37.3 Å². The largest absolute Gasteiger partial charge is 0.371 e. The van der Waals surface area contributed by atoms with Gasteiger partial charge in [-0.2, -0.15) is 0 Å². The van der Waals surface area contributed by atoms with E-state index < -0.39 is 0 Å². The summed E-state index contributed by atoms with van der Waals surface area (Å²) in [6.07, 6.45) is 7.01. The van der Waals surface area contributed by atoms with E-state index in [0.29, 0.717) is 18.0 Å². The highest BCUT2D eigenvalue weighted by atomic mass is 16.1. The standard InChI is InChI=1S/C26H27N5O/c32-26(28-15-8-19-11-16-31(17-12-19)22-9-13-27-14-10-22)21-5-3-4-20(18-21)25-29-23-6-1-2-7-24(23)30-25/h1-7,9-10,13-14,18-19H,8,11-12,15-17H2,(H,28,32)(H,29,30). The van der Waals surface area contributed by atoms with Gasteiger partial charge in [-0.05, 0) is 61.6 Å². The SMILES string of the molecule is O=C(NCCC1CCN(c2ccncc2)CC1)c1cccc(-c2nc3ccccc3[nH]2)c1. The molecule has 0 radical (unpaired) electrons. The van der Waals surface area contributed by atoms with E-state index in [4.69, 9.17) is 0 Å². The molecule has 6 nitrogen and oxygen atoms in total. The summed E-state index contributed by atoms with van der Waals surface area (Å²) in [6, 6.07) is 19.7. The van der Waals surface area contributed by atoms with Gasteiger partial charge in [0.15, 0.2) is 0 Å². The minimum atomic E-state index is -0.0304. The fourth-order valence-corrected chi connectivity index (χ4v) is 4.42. The number of aromatic amines is 1. The third kappa shape index (κ3) is 4.49. The second kappa shape index (κ2) is 9.22. The van der Waals surface area contributed by atoms with Crippen LogP contribution < -0.4 is 10.2 Å². The Kier molecular flexibility index (Phi) is 5.83. The van der Waals surface area contributed by atoms with Crippen LogP contribution in [0.15, 0.2) is 73.1 Å². The molecular weight excluding hydrogens is 398 g/mol. The summed E-state index contributed by atoms with van der Waals surface area (Å²) in [5, 5.41) is 3.10. The maximum absolute atomic E-state index is 12.7. The molecule has 0 unspecified atom stereocenters. The molecule has 0 bridgehead atoms. The molecule has 6 heteroatoms. The number of para-hydroxylation sites is 2. The van der Waals surface area contributed by atoms with Crippen LogP contribution in [0.4, 0.5) is 5.69 Å². The van der Waals surface area contributed by atoms with Crippen molar-refractivity contribution in [2.75, 3.05) is 24.5 Å². The third-order valence-electron chi connectivity index (χ3n) is 6.27. The zero-order valence-corrected chi connectivity index (χ0v) is 18.0. The molecule has 0 aliphatic carbocycles. The number of rotatable bonds is 6. The van der Waals surface area contributed by atoms with Crippen molar-refractivity contribution in [1.29, 1.82) is 0 Å². The summed E-state index contributed by atoms with van der Waals surface area (Å²) in [7, 11) is 0. The van der Waals surface area contributed by atoms with Crippen LogP contribution in [-0.2, 0) is 0 Å². The monoisotopic (exact) mass is 425 g/mol. The molecule has 0 saturated carbocycles. The van der Waals surface area contributed by atoms with Crippen LogP contribution in [-0.4, -0.2) is 40.5 Å². The Bertz CT molecular complexity index is 1160. The fraction of sp³-hybridized carbons (Fsp3) is 0.269. The lowest BCUT2D eigenvalue weighted by Crippen LogP contribution is -2.35. The average molecular weight is 426 g/mol. The van der Waals surface area contributed by atoms with Crippen LogP contribution in [0, 0.1) is 5.92 Å². The molecule has 162 valence electrons. The fourth-order valence-electron chi connectivity index (χ4n) is 4.42. The van der Waals surface area contributed by atoms with Gasteiger partial charge in [0.2, 0.25) is 0 Å². The normalized spacial score (nSPS) is 14.6. The summed E-state index contributed by atoms with van der Waals surface area (Å²) >= 11 is 0. The number of imidazole rings is 1. The smallest absolute Gasteiger partial charge is 0.251 e. The molecule has 32 heavy (non-hydrogen) atoms. The van der Waals surface area contributed by atoms with Crippen molar-refractivity contribution < 1.29 is 4.79 Å². The summed E-state index contributed by atoms with van der Waals surface area (Å²) in [5.41, 5.74) is 4.74. The highest BCUT2D eigenvalue weighted by Crippen LogP contribution is 2.25. The second-order valence-electron chi connectivity index (χ2n) is 8.36. The predicted molar refractivity (Wildman–Crippen MR) is 128 cm³/mol. The van der Waals surface area contributed by atoms with Crippen LogP contribution in [0.3, 0.4) is 0 Å². The first-order valence-corrected chi connectivity index (χ1v) is 11.2. The minimum absolute atomic E-state index is 0.0304. The lowest BCUT2D eigenvalue weighted by Gasteiger charge is -2.33. The number of aromatic nitrogens is 3. The van der Waals surface area contributed by atoms with Crippen molar-refractivity contribution in [3.63, 3.8) is 0 Å². The van der Waals surface area contributed by atoms with Crippen molar-refractivity contribution in [3.05, 3.63) is 78.6 Å². The van der Waals surface area contributed by atoms with Gasteiger partial charge in [0.1, 0.15) is 5.82 Å². The highest BCUT2D eigenvalue weighted by molar-refractivity contribution is 5.95. The topological polar surface area (TPSA) is 73.9 Å². The summed E-state index contributed by atoms with van der Waals surface area (Å²) < 4.78 is 0. The first-order valence-electron chi connectivity index (χ1n) is 11.2.